The fraction of sp³-hybridized carbons (Fsp3) is 0.722. The summed E-state index contributed by atoms with van der Waals surface area (Å²) in [7, 11) is 0. The van der Waals surface area contributed by atoms with E-state index in [1.807, 2.05) is 13.0 Å². The Morgan fingerprint density at radius 1 is 1.16 bits per heavy atom. The number of ether oxygens (including phenoxy) is 2. The Labute approximate surface area is 149 Å². The summed E-state index contributed by atoms with van der Waals surface area (Å²) in [5, 5.41) is 31.9. The van der Waals surface area contributed by atoms with Crippen LogP contribution in [0.2, 0.25) is 0 Å². The minimum atomic E-state index is -1.30. The molecule has 1 heterocycles. The van der Waals surface area contributed by atoms with E-state index in [1.165, 1.54) is 12.5 Å². The quantitative estimate of drug-likeness (QED) is 0.475. The molecule has 0 aliphatic carbocycles. The highest BCUT2D eigenvalue weighted by Crippen LogP contribution is 2.22. The van der Waals surface area contributed by atoms with Crippen molar-refractivity contribution in [3.8, 4) is 0 Å². The Hall–Kier alpha value is -1.25. The largest absolute Gasteiger partial charge is 0.394 e. The van der Waals surface area contributed by atoms with Crippen molar-refractivity contribution < 1.29 is 29.6 Å². The van der Waals surface area contributed by atoms with Crippen molar-refractivity contribution in [2.24, 2.45) is 0 Å². The monoisotopic (exact) mass is 357 g/mol. The number of allylic oxidation sites excluding steroid dienone is 3. The Morgan fingerprint density at radius 2 is 1.84 bits per heavy atom. The molecule has 7 nitrogen and oxygen atoms in total. The smallest absolute Gasteiger partial charge is 0.217 e. The van der Waals surface area contributed by atoms with Crippen molar-refractivity contribution in [2.75, 3.05) is 13.2 Å². The van der Waals surface area contributed by atoms with Crippen LogP contribution in [0.3, 0.4) is 0 Å². The zero-order chi connectivity index (χ0) is 19.0. The molecule has 0 spiro atoms. The molecule has 1 saturated heterocycles. The molecule has 0 aromatic heterocycles. The van der Waals surface area contributed by atoms with Crippen LogP contribution in [0, 0.1) is 0 Å². The first-order valence-corrected chi connectivity index (χ1v) is 8.56. The zero-order valence-electron chi connectivity index (χ0n) is 15.4. The van der Waals surface area contributed by atoms with Crippen LogP contribution in [0.1, 0.15) is 40.5 Å². The van der Waals surface area contributed by atoms with Crippen LogP contribution in [0.4, 0.5) is 0 Å². The number of hydrogen-bond acceptors (Lipinski definition) is 6. The number of aliphatic hydroxyl groups is 3. The molecule has 25 heavy (non-hydrogen) atoms. The minimum Gasteiger partial charge on any atom is -0.394 e. The normalized spacial score (nSPS) is 30.0. The SMILES string of the molecule is CC(=O)NC1C(OCC=C(C)CCC=C(C)C)OC(CO)C(O)C1O. The Kier molecular flexibility index (Phi) is 9.31. The van der Waals surface area contributed by atoms with Gasteiger partial charge in [0.15, 0.2) is 6.29 Å². The summed E-state index contributed by atoms with van der Waals surface area (Å²) in [4.78, 5) is 11.3. The zero-order valence-corrected chi connectivity index (χ0v) is 15.4. The second kappa shape index (κ2) is 10.7. The fourth-order valence-corrected chi connectivity index (χ4v) is 2.59. The number of carbonyl (C=O) groups is 1. The van der Waals surface area contributed by atoms with Gasteiger partial charge < -0.3 is 30.1 Å². The summed E-state index contributed by atoms with van der Waals surface area (Å²) in [6.45, 7) is 7.21. The van der Waals surface area contributed by atoms with Crippen LogP contribution in [0.25, 0.3) is 0 Å². The summed E-state index contributed by atoms with van der Waals surface area (Å²) in [6, 6.07) is -0.908. The summed E-state index contributed by atoms with van der Waals surface area (Å²) < 4.78 is 11.1. The van der Waals surface area contributed by atoms with Gasteiger partial charge in [0.2, 0.25) is 5.91 Å². The van der Waals surface area contributed by atoms with Gasteiger partial charge in [0.25, 0.3) is 0 Å². The highest BCUT2D eigenvalue weighted by atomic mass is 16.7. The summed E-state index contributed by atoms with van der Waals surface area (Å²) in [5.41, 5.74) is 2.43. The highest BCUT2D eigenvalue weighted by molar-refractivity contribution is 5.73. The molecule has 1 rings (SSSR count). The van der Waals surface area contributed by atoms with E-state index in [2.05, 4.69) is 25.2 Å². The fourth-order valence-electron chi connectivity index (χ4n) is 2.59. The van der Waals surface area contributed by atoms with Crippen molar-refractivity contribution in [2.45, 2.75) is 71.2 Å². The second-order valence-electron chi connectivity index (χ2n) is 6.64. The van der Waals surface area contributed by atoms with Gasteiger partial charge in [0, 0.05) is 6.92 Å². The topological polar surface area (TPSA) is 108 Å². The lowest BCUT2D eigenvalue weighted by Gasteiger charge is -2.42. The van der Waals surface area contributed by atoms with Crippen molar-refractivity contribution in [1.82, 2.24) is 5.32 Å². The van der Waals surface area contributed by atoms with E-state index in [9.17, 15) is 20.1 Å². The predicted octanol–water partition coefficient (Wildman–Crippen LogP) is 0.639. The van der Waals surface area contributed by atoms with E-state index in [0.29, 0.717) is 0 Å². The molecule has 0 radical (unpaired) electrons. The van der Waals surface area contributed by atoms with Crippen molar-refractivity contribution in [3.05, 3.63) is 23.3 Å². The second-order valence-corrected chi connectivity index (χ2v) is 6.64. The minimum absolute atomic E-state index is 0.238. The lowest BCUT2D eigenvalue weighted by atomic mass is 9.97. The average molecular weight is 357 g/mol. The molecular formula is C18H31NO6. The van der Waals surface area contributed by atoms with E-state index < -0.39 is 37.3 Å². The number of carbonyl (C=O) groups excluding carboxylic acids is 1. The van der Waals surface area contributed by atoms with Crippen LogP contribution in [-0.4, -0.2) is 65.1 Å². The van der Waals surface area contributed by atoms with E-state index in [-0.39, 0.29) is 12.5 Å². The van der Waals surface area contributed by atoms with Crippen LogP contribution >= 0.6 is 0 Å². The van der Waals surface area contributed by atoms with E-state index >= 15 is 0 Å². The lowest BCUT2D eigenvalue weighted by molar-refractivity contribution is -0.267. The van der Waals surface area contributed by atoms with Crippen LogP contribution in [0.5, 0.6) is 0 Å². The summed E-state index contributed by atoms with van der Waals surface area (Å²) >= 11 is 0. The molecular weight excluding hydrogens is 326 g/mol. The molecule has 7 heteroatoms. The molecule has 0 aromatic carbocycles. The first-order chi connectivity index (χ1) is 11.8. The van der Waals surface area contributed by atoms with Crippen LogP contribution in [0.15, 0.2) is 23.3 Å². The first kappa shape index (κ1) is 21.8. The molecule has 0 saturated carbocycles. The van der Waals surface area contributed by atoms with Gasteiger partial charge in [-0.05, 0) is 33.6 Å². The van der Waals surface area contributed by atoms with Crippen molar-refractivity contribution >= 4 is 5.91 Å². The number of aliphatic hydroxyl groups excluding tert-OH is 3. The molecule has 1 amide bonds. The van der Waals surface area contributed by atoms with Crippen molar-refractivity contribution in [3.63, 3.8) is 0 Å². The standard InChI is InChI=1S/C18H31NO6/c1-11(2)6-5-7-12(3)8-9-24-18-15(19-13(4)21)17(23)16(22)14(10-20)25-18/h6,8,14-18,20,22-23H,5,7,9-10H2,1-4H3,(H,19,21). The maximum absolute atomic E-state index is 11.3. The molecule has 0 aromatic rings. The Balaban J connectivity index is 2.65. The molecule has 5 atom stereocenters. The highest BCUT2D eigenvalue weighted by Gasteiger charge is 2.45. The molecule has 4 N–H and O–H groups in total. The third-order valence-corrected chi connectivity index (χ3v) is 4.03. The first-order valence-electron chi connectivity index (χ1n) is 8.56. The third kappa shape index (κ3) is 7.25. The maximum Gasteiger partial charge on any atom is 0.217 e. The van der Waals surface area contributed by atoms with E-state index in [0.717, 1.165) is 18.4 Å². The number of hydrogen-bond donors (Lipinski definition) is 4. The van der Waals surface area contributed by atoms with Crippen molar-refractivity contribution in [1.29, 1.82) is 0 Å². The van der Waals surface area contributed by atoms with Gasteiger partial charge >= 0.3 is 0 Å². The third-order valence-electron chi connectivity index (χ3n) is 4.03. The average Bonchev–Trinajstić information content (AvgIpc) is 2.53. The Morgan fingerprint density at radius 3 is 2.40 bits per heavy atom. The predicted molar refractivity (Wildman–Crippen MR) is 93.7 cm³/mol. The van der Waals surface area contributed by atoms with Crippen LogP contribution in [-0.2, 0) is 14.3 Å². The van der Waals surface area contributed by atoms with Gasteiger partial charge in [-0.2, -0.15) is 0 Å². The van der Waals surface area contributed by atoms with Gasteiger partial charge in [0.1, 0.15) is 24.4 Å². The van der Waals surface area contributed by atoms with Gasteiger partial charge in [0.05, 0.1) is 13.2 Å². The molecule has 1 aliphatic rings. The molecule has 144 valence electrons. The van der Waals surface area contributed by atoms with Gasteiger partial charge in [-0.25, -0.2) is 0 Å². The molecule has 5 unspecified atom stereocenters. The maximum atomic E-state index is 11.3. The number of nitrogens with one attached hydrogen (secondary N) is 1. The van der Waals surface area contributed by atoms with Gasteiger partial charge in [-0.3, -0.25) is 4.79 Å². The molecule has 1 aliphatic heterocycles. The van der Waals surface area contributed by atoms with E-state index in [4.69, 9.17) is 9.47 Å². The summed E-state index contributed by atoms with van der Waals surface area (Å²) in [6.07, 6.45) is 1.43. The summed E-state index contributed by atoms with van der Waals surface area (Å²) in [5.74, 6) is -0.371. The number of rotatable bonds is 8. The van der Waals surface area contributed by atoms with Crippen LogP contribution < -0.4 is 5.32 Å². The molecule has 0 bridgehead atoms. The van der Waals surface area contributed by atoms with Gasteiger partial charge in [-0.1, -0.05) is 23.3 Å². The van der Waals surface area contributed by atoms with E-state index in [1.54, 1.807) is 0 Å². The number of amides is 1. The lowest BCUT2D eigenvalue weighted by Crippen LogP contribution is -2.64. The van der Waals surface area contributed by atoms with Gasteiger partial charge in [-0.15, -0.1) is 0 Å². The molecule has 1 fully saturated rings. The Bertz CT molecular complexity index is 486.